The van der Waals surface area contributed by atoms with Crippen molar-refractivity contribution in [2.24, 2.45) is 0 Å². The van der Waals surface area contributed by atoms with Gasteiger partial charge in [0.25, 0.3) is 0 Å². The minimum atomic E-state index is 0.744. The van der Waals surface area contributed by atoms with Gasteiger partial charge in [-0.3, -0.25) is 4.98 Å². The van der Waals surface area contributed by atoms with Gasteiger partial charge in [-0.25, -0.2) is 4.68 Å². The summed E-state index contributed by atoms with van der Waals surface area (Å²) in [7, 11) is 0. The van der Waals surface area contributed by atoms with Crippen molar-refractivity contribution in [3.63, 3.8) is 0 Å². The summed E-state index contributed by atoms with van der Waals surface area (Å²) < 4.78 is 1.93. The Kier molecular flexibility index (Phi) is 2.24. The number of aromatic nitrogens is 4. The Morgan fingerprint density at radius 3 is 3.05 bits per heavy atom. The zero-order chi connectivity index (χ0) is 12.7. The highest BCUT2D eigenvalue weighted by Crippen LogP contribution is 2.26. The molecule has 0 unspecified atom stereocenters. The first-order valence-electron chi connectivity index (χ1n) is 6.44. The monoisotopic (exact) mass is 251 g/mol. The summed E-state index contributed by atoms with van der Waals surface area (Å²) >= 11 is 0. The molecule has 0 spiro atoms. The van der Waals surface area contributed by atoms with Crippen molar-refractivity contribution in [1.29, 1.82) is 0 Å². The first-order valence-corrected chi connectivity index (χ1v) is 6.44. The maximum atomic E-state index is 4.57. The van der Waals surface area contributed by atoms with Gasteiger partial charge < -0.3 is 5.32 Å². The van der Waals surface area contributed by atoms with Gasteiger partial charge in [0.05, 0.1) is 0 Å². The second kappa shape index (κ2) is 4.05. The van der Waals surface area contributed by atoms with Crippen LogP contribution < -0.4 is 5.32 Å². The molecule has 5 heteroatoms. The molecule has 0 fully saturated rings. The molecule has 0 aliphatic carbocycles. The normalized spacial score (nSPS) is 14.1. The van der Waals surface area contributed by atoms with Crippen LogP contribution in [0.4, 0.5) is 5.95 Å². The topological polar surface area (TPSA) is 55.6 Å². The van der Waals surface area contributed by atoms with E-state index in [9.17, 15) is 0 Å². The molecule has 3 aromatic rings. The van der Waals surface area contributed by atoms with E-state index in [1.165, 1.54) is 0 Å². The summed E-state index contributed by atoms with van der Waals surface area (Å²) in [4.78, 5) is 8.86. The van der Waals surface area contributed by atoms with Crippen LogP contribution in [0.3, 0.4) is 0 Å². The summed E-state index contributed by atoms with van der Waals surface area (Å²) in [6.45, 7) is 1.89. The highest BCUT2D eigenvalue weighted by molar-refractivity contribution is 5.94. The minimum Gasteiger partial charge on any atom is -0.354 e. The molecular weight excluding hydrogens is 238 g/mol. The number of benzene rings is 1. The lowest BCUT2D eigenvalue weighted by Crippen LogP contribution is -2.17. The number of aryl methyl sites for hydroxylation is 1. The Bertz CT molecular complexity index is 718. The molecule has 0 atom stereocenters. The molecule has 0 bridgehead atoms. The van der Waals surface area contributed by atoms with Crippen LogP contribution in [0.25, 0.3) is 22.2 Å². The van der Waals surface area contributed by atoms with Crippen molar-refractivity contribution in [3.05, 3.63) is 36.7 Å². The predicted molar refractivity (Wildman–Crippen MR) is 73.9 cm³/mol. The number of hydrogen-bond acceptors (Lipinski definition) is 4. The molecule has 1 N–H and O–H groups in total. The lowest BCUT2D eigenvalue weighted by molar-refractivity contribution is 0.566. The van der Waals surface area contributed by atoms with E-state index in [1.807, 2.05) is 29.2 Å². The molecule has 0 saturated carbocycles. The summed E-state index contributed by atoms with van der Waals surface area (Å²) in [6, 6.07) is 8.18. The highest BCUT2D eigenvalue weighted by Gasteiger charge is 2.16. The number of anilines is 1. The molecule has 0 amide bonds. The summed E-state index contributed by atoms with van der Waals surface area (Å²) in [5, 5.41) is 10.1. The van der Waals surface area contributed by atoms with E-state index in [2.05, 4.69) is 32.5 Å². The lowest BCUT2D eigenvalue weighted by Gasteiger charge is -2.12. The van der Waals surface area contributed by atoms with E-state index >= 15 is 0 Å². The van der Waals surface area contributed by atoms with Gasteiger partial charge in [0, 0.05) is 36.4 Å². The van der Waals surface area contributed by atoms with Crippen LogP contribution >= 0.6 is 0 Å². The molecule has 0 radical (unpaired) electrons. The van der Waals surface area contributed by atoms with Gasteiger partial charge in [-0.2, -0.15) is 4.98 Å². The summed E-state index contributed by atoms with van der Waals surface area (Å²) in [5.74, 6) is 1.60. The SMILES string of the molecule is c1ccc2c(-c3nc4n(n3)CCCN4)cncc2c1. The van der Waals surface area contributed by atoms with E-state index in [4.69, 9.17) is 0 Å². The van der Waals surface area contributed by atoms with Gasteiger partial charge in [-0.05, 0) is 11.8 Å². The van der Waals surface area contributed by atoms with Crippen LogP contribution in [-0.4, -0.2) is 26.3 Å². The molecule has 0 saturated heterocycles. The lowest BCUT2D eigenvalue weighted by atomic mass is 10.1. The van der Waals surface area contributed by atoms with Crippen molar-refractivity contribution in [3.8, 4) is 11.4 Å². The van der Waals surface area contributed by atoms with Crippen LogP contribution in [-0.2, 0) is 6.54 Å². The van der Waals surface area contributed by atoms with E-state index in [0.717, 1.165) is 47.6 Å². The molecule has 19 heavy (non-hydrogen) atoms. The second-order valence-electron chi connectivity index (χ2n) is 4.67. The van der Waals surface area contributed by atoms with E-state index in [-0.39, 0.29) is 0 Å². The van der Waals surface area contributed by atoms with Crippen molar-refractivity contribution in [2.75, 3.05) is 11.9 Å². The number of fused-ring (bicyclic) bond motifs is 2. The van der Waals surface area contributed by atoms with Gasteiger partial charge in [0.1, 0.15) is 0 Å². The Balaban J connectivity index is 1.92. The minimum absolute atomic E-state index is 0.744. The van der Waals surface area contributed by atoms with Crippen molar-refractivity contribution in [2.45, 2.75) is 13.0 Å². The Morgan fingerprint density at radius 2 is 2.11 bits per heavy atom. The van der Waals surface area contributed by atoms with E-state index < -0.39 is 0 Å². The molecule has 94 valence electrons. The average Bonchev–Trinajstić information content (AvgIpc) is 2.90. The van der Waals surface area contributed by atoms with Crippen molar-refractivity contribution < 1.29 is 0 Å². The number of nitrogens with one attached hydrogen (secondary N) is 1. The van der Waals surface area contributed by atoms with E-state index in [1.54, 1.807) is 0 Å². The molecule has 1 aromatic carbocycles. The van der Waals surface area contributed by atoms with Crippen molar-refractivity contribution >= 4 is 16.7 Å². The smallest absolute Gasteiger partial charge is 0.221 e. The number of hydrogen-bond donors (Lipinski definition) is 1. The largest absolute Gasteiger partial charge is 0.354 e. The summed E-state index contributed by atoms with van der Waals surface area (Å²) in [6.07, 6.45) is 4.79. The fourth-order valence-electron chi connectivity index (χ4n) is 2.47. The van der Waals surface area contributed by atoms with Gasteiger partial charge in [0.2, 0.25) is 5.95 Å². The third-order valence-electron chi connectivity index (χ3n) is 3.41. The maximum absolute atomic E-state index is 4.57. The Morgan fingerprint density at radius 1 is 1.16 bits per heavy atom. The summed E-state index contributed by atoms with van der Waals surface area (Å²) in [5.41, 5.74) is 0.988. The van der Waals surface area contributed by atoms with Gasteiger partial charge in [0.15, 0.2) is 5.82 Å². The fraction of sp³-hybridized carbons (Fsp3) is 0.214. The first-order chi connectivity index (χ1) is 9.42. The zero-order valence-electron chi connectivity index (χ0n) is 10.4. The van der Waals surface area contributed by atoms with Crippen LogP contribution in [0, 0.1) is 0 Å². The zero-order valence-corrected chi connectivity index (χ0v) is 10.4. The average molecular weight is 251 g/mol. The number of pyridine rings is 1. The molecule has 4 rings (SSSR count). The molecular formula is C14H13N5. The van der Waals surface area contributed by atoms with Crippen molar-refractivity contribution in [1.82, 2.24) is 19.7 Å². The molecule has 1 aliphatic rings. The predicted octanol–water partition coefficient (Wildman–Crippen LogP) is 2.31. The van der Waals surface area contributed by atoms with Crippen LogP contribution in [0.1, 0.15) is 6.42 Å². The standard InChI is InChI=1S/C14H13N5/c1-2-5-11-10(4-1)8-15-9-12(11)13-17-14-16-6-3-7-19(14)18-13/h1-2,4-5,8-9H,3,6-7H2,(H,16,17,18). The number of rotatable bonds is 1. The Hall–Kier alpha value is -2.43. The van der Waals surface area contributed by atoms with Gasteiger partial charge in [-0.15, -0.1) is 5.10 Å². The van der Waals surface area contributed by atoms with Crippen LogP contribution in [0.5, 0.6) is 0 Å². The molecule has 5 nitrogen and oxygen atoms in total. The van der Waals surface area contributed by atoms with Gasteiger partial charge >= 0.3 is 0 Å². The molecule has 3 heterocycles. The maximum Gasteiger partial charge on any atom is 0.221 e. The van der Waals surface area contributed by atoms with E-state index in [0.29, 0.717) is 0 Å². The third-order valence-corrected chi connectivity index (χ3v) is 3.41. The fourth-order valence-corrected chi connectivity index (χ4v) is 2.47. The van der Waals surface area contributed by atoms with Crippen LogP contribution in [0.15, 0.2) is 36.7 Å². The third kappa shape index (κ3) is 1.66. The highest BCUT2D eigenvalue weighted by atomic mass is 15.4. The molecule has 1 aliphatic heterocycles. The first kappa shape index (κ1) is 10.5. The second-order valence-corrected chi connectivity index (χ2v) is 4.67. The van der Waals surface area contributed by atoms with Crippen LogP contribution in [0.2, 0.25) is 0 Å². The quantitative estimate of drug-likeness (QED) is 0.721. The molecule has 2 aromatic heterocycles. The Labute approximate surface area is 110 Å². The van der Waals surface area contributed by atoms with Gasteiger partial charge in [-0.1, -0.05) is 24.3 Å². The number of nitrogens with zero attached hydrogens (tertiary/aromatic N) is 4.